The van der Waals surface area contributed by atoms with Crippen LogP contribution in [0.15, 0.2) is 24.3 Å². The van der Waals surface area contributed by atoms with Crippen molar-refractivity contribution >= 4 is 5.97 Å². The van der Waals surface area contributed by atoms with Gasteiger partial charge in [0.1, 0.15) is 11.6 Å². The van der Waals surface area contributed by atoms with Crippen molar-refractivity contribution in [2.75, 3.05) is 0 Å². The Hall–Kier alpha value is -2.36. The molecule has 1 unspecified atom stereocenters. The van der Waals surface area contributed by atoms with Crippen molar-refractivity contribution in [2.24, 2.45) is 0 Å². The highest BCUT2D eigenvalue weighted by molar-refractivity contribution is 5.66. The molecule has 0 amide bonds. The van der Waals surface area contributed by atoms with Crippen molar-refractivity contribution in [3.05, 3.63) is 63.5 Å². The fraction of sp³-hybridized carbons (Fsp3) is 0.519. The van der Waals surface area contributed by atoms with Gasteiger partial charge in [-0.3, -0.25) is 4.79 Å². The molecule has 0 aliphatic heterocycles. The van der Waals surface area contributed by atoms with E-state index in [1.807, 2.05) is 19.1 Å². The van der Waals surface area contributed by atoms with Crippen LogP contribution in [0, 0.1) is 26.6 Å². The summed E-state index contributed by atoms with van der Waals surface area (Å²) in [5.41, 5.74) is 6.47. The van der Waals surface area contributed by atoms with Gasteiger partial charge in [0.25, 0.3) is 0 Å². The quantitative estimate of drug-likeness (QED) is 0.347. The summed E-state index contributed by atoms with van der Waals surface area (Å²) in [4.78, 5) is 10.8. The first kappa shape index (κ1) is 24.9. The SMILES string of the molecule is CCCCCc1c(C)c(C)c(O)c(C(CCCCCC(=O)O)c2ccc(F)cc2)c1C. The number of carboxylic acid groups (broad SMARTS) is 1. The number of hydrogen-bond donors (Lipinski definition) is 2. The molecule has 31 heavy (non-hydrogen) atoms. The Morgan fingerprint density at radius 1 is 0.935 bits per heavy atom. The van der Waals surface area contributed by atoms with Crippen LogP contribution in [-0.4, -0.2) is 16.2 Å². The molecule has 0 fully saturated rings. The maximum atomic E-state index is 13.6. The molecular formula is C27H37FO3. The second kappa shape index (κ2) is 11.9. The van der Waals surface area contributed by atoms with Crippen molar-refractivity contribution in [1.29, 1.82) is 0 Å². The normalized spacial score (nSPS) is 12.2. The van der Waals surface area contributed by atoms with E-state index in [9.17, 15) is 14.3 Å². The zero-order valence-electron chi connectivity index (χ0n) is 19.4. The van der Waals surface area contributed by atoms with Gasteiger partial charge in [-0.1, -0.05) is 44.7 Å². The lowest BCUT2D eigenvalue weighted by atomic mass is 9.79. The van der Waals surface area contributed by atoms with E-state index in [4.69, 9.17) is 5.11 Å². The molecule has 2 rings (SSSR count). The van der Waals surface area contributed by atoms with Crippen LogP contribution in [0.4, 0.5) is 4.39 Å². The summed E-state index contributed by atoms with van der Waals surface area (Å²) in [5, 5.41) is 20.0. The molecular weight excluding hydrogens is 391 g/mol. The lowest BCUT2D eigenvalue weighted by molar-refractivity contribution is -0.137. The largest absolute Gasteiger partial charge is 0.507 e. The average molecular weight is 429 g/mol. The second-order valence-corrected chi connectivity index (χ2v) is 8.67. The number of carbonyl (C=O) groups is 1. The summed E-state index contributed by atoms with van der Waals surface area (Å²) < 4.78 is 13.6. The van der Waals surface area contributed by atoms with Crippen LogP contribution in [0.25, 0.3) is 0 Å². The maximum Gasteiger partial charge on any atom is 0.303 e. The van der Waals surface area contributed by atoms with Gasteiger partial charge in [0.2, 0.25) is 0 Å². The molecule has 2 N–H and O–H groups in total. The van der Waals surface area contributed by atoms with Crippen LogP contribution in [0.5, 0.6) is 5.75 Å². The van der Waals surface area contributed by atoms with E-state index in [-0.39, 0.29) is 18.2 Å². The topological polar surface area (TPSA) is 57.5 Å². The monoisotopic (exact) mass is 428 g/mol. The molecule has 4 heteroatoms. The molecule has 0 spiro atoms. The highest BCUT2D eigenvalue weighted by atomic mass is 19.1. The van der Waals surface area contributed by atoms with Gasteiger partial charge in [0.05, 0.1) is 0 Å². The first-order chi connectivity index (χ1) is 14.8. The molecule has 170 valence electrons. The molecule has 0 bridgehead atoms. The van der Waals surface area contributed by atoms with E-state index >= 15 is 0 Å². The first-order valence-electron chi connectivity index (χ1n) is 11.6. The number of rotatable bonds is 12. The Balaban J connectivity index is 2.43. The van der Waals surface area contributed by atoms with E-state index in [0.717, 1.165) is 66.3 Å². The number of aliphatic carboxylic acids is 1. The van der Waals surface area contributed by atoms with Crippen molar-refractivity contribution in [3.63, 3.8) is 0 Å². The predicted octanol–water partition coefficient (Wildman–Crippen LogP) is 7.36. The molecule has 0 heterocycles. The van der Waals surface area contributed by atoms with Crippen LogP contribution >= 0.6 is 0 Å². The molecule has 0 radical (unpaired) electrons. The lowest BCUT2D eigenvalue weighted by Gasteiger charge is -2.26. The zero-order valence-corrected chi connectivity index (χ0v) is 19.4. The molecule has 0 aliphatic carbocycles. The van der Waals surface area contributed by atoms with E-state index in [1.165, 1.54) is 24.1 Å². The smallest absolute Gasteiger partial charge is 0.303 e. The molecule has 0 saturated carbocycles. The van der Waals surface area contributed by atoms with Crippen molar-refractivity contribution in [3.8, 4) is 5.75 Å². The fourth-order valence-corrected chi connectivity index (χ4v) is 4.55. The highest BCUT2D eigenvalue weighted by Crippen LogP contribution is 2.42. The number of hydrogen-bond acceptors (Lipinski definition) is 2. The molecule has 0 saturated heterocycles. The van der Waals surface area contributed by atoms with Crippen molar-refractivity contribution in [1.82, 2.24) is 0 Å². The van der Waals surface area contributed by atoms with Crippen LogP contribution in [0.2, 0.25) is 0 Å². The number of unbranched alkanes of at least 4 members (excludes halogenated alkanes) is 4. The zero-order chi connectivity index (χ0) is 23.0. The Morgan fingerprint density at radius 2 is 1.61 bits per heavy atom. The fourth-order valence-electron chi connectivity index (χ4n) is 4.55. The van der Waals surface area contributed by atoms with E-state index in [1.54, 1.807) is 0 Å². The van der Waals surface area contributed by atoms with Gasteiger partial charge in [0, 0.05) is 17.9 Å². The van der Waals surface area contributed by atoms with E-state index in [0.29, 0.717) is 12.2 Å². The molecule has 3 nitrogen and oxygen atoms in total. The van der Waals surface area contributed by atoms with Crippen LogP contribution < -0.4 is 0 Å². The summed E-state index contributed by atoms with van der Waals surface area (Å²) in [6.45, 7) is 8.36. The molecule has 0 aliphatic rings. The number of aromatic hydroxyl groups is 1. The Labute approximate surface area is 186 Å². The summed E-state index contributed by atoms with van der Waals surface area (Å²) in [6.07, 6.45) is 7.74. The standard InChI is InChI=1S/C27H37FO3/c1-5-6-8-11-23-18(2)19(3)27(31)26(20(23)4)24(12-9-7-10-13-25(29)30)21-14-16-22(28)17-15-21/h14-17,24,31H,5-13H2,1-4H3,(H,29,30). The summed E-state index contributed by atoms with van der Waals surface area (Å²) in [5.74, 6) is -0.747. The minimum absolute atomic E-state index is 0.0466. The number of phenols is 1. The Bertz CT molecular complexity index is 871. The van der Waals surface area contributed by atoms with Gasteiger partial charge in [0.15, 0.2) is 0 Å². The van der Waals surface area contributed by atoms with Crippen LogP contribution in [0.3, 0.4) is 0 Å². The summed E-state index contributed by atoms with van der Waals surface area (Å²) >= 11 is 0. The van der Waals surface area contributed by atoms with Gasteiger partial charge in [-0.25, -0.2) is 4.39 Å². The van der Waals surface area contributed by atoms with E-state index < -0.39 is 5.97 Å². The summed E-state index contributed by atoms with van der Waals surface area (Å²) in [6, 6.07) is 6.56. The number of halogens is 1. The maximum absolute atomic E-state index is 13.6. The highest BCUT2D eigenvalue weighted by Gasteiger charge is 2.24. The molecule has 2 aromatic carbocycles. The van der Waals surface area contributed by atoms with E-state index in [2.05, 4.69) is 20.8 Å². The van der Waals surface area contributed by atoms with Gasteiger partial charge >= 0.3 is 5.97 Å². The van der Waals surface area contributed by atoms with Crippen molar-refractivity contribution in [2.45, 2.75) is 91.4 Å². The van der Waals surface area contributed by atoms with Crippen LogP contribution in [0.1, 0.15) is 97.6 Å². The third-order valence-corrected chi connectivity index (χ3v) is 6.52. The van der Waals surface area contributed by atoms with Crippen molar-refractivity contribution < 1.29 is 19.4 Å². The minimum Gasteiger partial charge on any atom is -0.507 e. The average Bonchev–Trinajstić information content (AvgIpc) is 2.73. The molecule has 2 aromatic rings. The number of phenolic OH excluding ortho intramolecular Hbond substituents is 1. The Kier molecular flexibility index (Phi) is 9.54. The second-order valence-electron chi connectivity index (χ2n) is 8.67. The van der Waals surface area contributed by atoms with Crippen LogP contribution in [-0.2, 0) is 11.2 Å². The lowest BCUT2D eigenvalue weighted by Crippen LogP contribution is -2.10. The third kappa shape index (κ3) is 6.56. The number of carboxylic acids is 1. The van der Waals surface area contributed by atoms with Gasteiger partial charge in [-0.05, 0) is 86.4 Å². The molecule has 1 atom stereocenters. The predicted molar refractivity (Wildman–Crippen MR) is 125 cm³/mol. The molecule has 0 aromatic heterocycles. The third-order valence-electron chi connectivity index (χ3n) is 6.52. The van der Waals surface area contributed by atoms with Gasteiger partial charge < -0.3 is 10.2 Å². The first-order valence-corrected chi connectivity index (χ1v) is 11.6. The van der Waals surface area contributed by atoms with Gasteiger partial charge in [-0.15, -0.1) is 0 Å². The summed E-state index contributed by atoms with van der Waals surface area (Å²) in [7, 11) is 0. The minimum atomic E-state index is -0.769. The Morgan fingerprint density at radius 3 is 2.23 bits per heavy atom. The van der Waals surface area contributed by atoms with Gasteiger partial charge in [-0.2, -0.15) is 0 Å². The number of benzene rings is 2.